The van der Waals surface area contributed by atoms with Crippen molar-refractivity contribution in [1.29, 1.82) is 0 Å². The molecule has 1 aromatic rings. The standard InChI is InChI=1S/C20H27N3O.C4H9N/c1-2-21-17-16(4-3-5-22-17)18(24)23-12-19-8-13-6-14-7-15(10-19)20(14,9-13)11-19;1-2-4-5-3-1/h3-5,13-15H,2,6-12H2,1H3,(H,21,22)(H,23,24);5H,1-4H2. The zero-order chi connectivity index (χ0) is 19.9. The number of hydrogen-bond acceptors (Lipinski definition) is 4. The van der Waals surface area contributed by atoms with E-state index in [4.69, 9.17) is 0 Å². The van der Waals surface area contributed by atoms with Gasteiger partial charge in [0.2, 0.25) is 0 Å². The second-order valence-electron chi connectivity index (χ2n) is 10.3. The van der Waals surface area contributed by atoms with E-state index >= 15 is 0 Å². The molecule has 1 amide bonds. The van der Waals surface area contributed by atoms with Gasteiger partial charge in [0.25, 0.3) is 5.91 Å². The monoisotopic (exact) mass is 396 g/mol. The first-order valence-electron chi connectivity index (χ1n) is 11.8. The Labute approximate surface area is 174 Å². The minimum Gasteiger partial charge on any atom is -0.370 e. The summed E-state index contributed by atoms with van der Waals surface area (Å²) in [6, 6.07) is 3.71. The SMILES string of the molecule is C1CCNC1.CCNc1ncccc1C(=O)NCC12CC3CC4CC(C1)C4(C3)C2. The summed E-state index contributed by atoms with van der Waals surface area (Å²) in [4.78, 5) is 17.0. The summed E-state index contributed by atoms with van der Waals surface area (Å²) >= 11 is 0. The number of amides is 1. The molecule has 29 heavy (non-hydrogen) atoms. The molecule has 5 unspecified atom stereocenters. The summed E-state index contributed by atoms with van der Waals surface area (Å²) in [5.74, 6) is 3.64. The molecule has 3 bridgehead atoms. The summed E-state index contributed by atoms with van der Waals surface area (Å²) in [6.07, 6.45) is 13.0. The van der Waals surface area contributed by atoms with Crippen molar-refractivity contribution < 1.29 is 4.79 Å². The third kappa shape index (κ3) is 3.35. The molecule has 4 aliphatic carbocycles. The highest BCUT2D eigenvalue weighted by Crippen LogP contribution is 2.78. The maximum Gasteiger partial charge on any atom is 0.255 e. The molecule has 5 nitrogen and oxygen atoms in total. The number of fused-ring (bicyclic) bond motifs is 2. The van der Waals surface area contributed by atoms with Crippen LogP contribution in [-0.2, 0) is 0 Å². The van der Waals surface area contributed by atoms with Crippen LogP contribution in [0.2, 0.25) is 0 Å². The highest BCUT2D eigenvalue weighted by molar-refractivity contribution is 5.98. The summed E-state index contributed by atoms with van der Waals surface area (Å²) in [7, 11) is 0. The Morgan fingerprint density at radius 3 is 2.83 bits per heavy atom. The number of nitrogens with zero attached hydrogens (tertiary/aromatic N) is 1. The predicted molar refractivity (Wildman–Crippen MR) is 116 cm³/mol. The highest BCUT2D eigenvalue weighted by Gasteiger charge is 2.70. The second-order valence-corrected chi connectivity index (χ2v) is 10.3. The lowest BCUT2D eigenvalue weighted by atomic mass is 9.55. The van der Waals surface area contributed by atoms with Crippen LogP contribution < -0.4 is 16.0 Å². The van der Waals surface area contributed by atoms with Gasteiger partial charge in [0.1, 0.15) is 5.82 Å². The van der Waals surface area contributed by atoms with Crippen molar-refractivity contribution in [3.63, 3.8) is 0 Å². The van der Waals surface area contributed by atoms with Crippen LogP contribution in [0, 0.1) is 28.6 Å². The molecule has 1 aliphatic heterocycles. The van der Waals surface area contributed by atoms with E-state index in [0.717, 1.165) is 30.8 Å². The molecular formula is C24H36N4O. The zero-order valence-electron chi connectivity index (χ0n) is 17.8. The molecule has 3 N–H and O–H groups in total. The largest absolute Gasteiger partial charge is 0.370 e. The fourth-order valence-electron chi connectivity index (χ4n) is 7.63. The first kappa shape index (κ1) is 19.3. The first-order valence-corrected chi connectivity index (χ1v) is 11.8. The topological polar surface area (TPSA) is 66.0 Å². The van der Waals surface area contributed by atoms with Crippen LogP contribution in [0.25, 0.3) is 0 Å². The summed E-state index contributed by atoms with van der Waals surface area (Å²) < 4.78 is 0. The number of carbonyl (C=O) groups is 1. The fraction of sp³-hybridized carbons (Fsp3) is 0.750. The van der Waals surface area contributed by atoms with Gasteiger partial charge in [-0.2, -0.15) is 0 Å². The van der Waals surface area contributed by atoms with Crippen LogP contribution in [0.5, 0.6) is 0 Å². The van der Waals surface area contributed by atoms with Gasteiger partial charge in [-0.05, 0) is 112 Å². The van der Waals surface area contributed by atoms with Crippen molar-refractivity contribution in [2.24, 2.45) is 28.6 Å². The lowest BCUT2D eigenvalue weighted by molar-refractivity contribution is -0.00253. The number of aromatic nitrogens is 1. The summed E-state index contributed by atoms with van der Waals surface area (Å²) in [5.41, 5.74) is 1.75. The summed E-state index contributed by atoms with van der Waals surface area (Å²) in [5, 5.41) is 9.69. The molecule has 158 valence electrons. The van der Waals surface area contributed by atoms with Gasteiger partial charge in [0.15, 0.2) is 0 Å². The van der Waals surface area contributed by atoms with Gasteiger partial charge in [-0.25, -0.2) is 4.98 Å². The quantitative estimate of drug-likeness (QED) is 0.708. The van der Waals surface area contributed by atoms with Gasteiger partial charge in [0.05, 0.1) is 5.56 Å². The third-order valence-corrected chi connectivity index (χ3v) is 8.56. The first-order chi connectivity index (χ1) is 14.1. The van der Waals surface area contributed by atoms with Crippen molar-refractivity contribution in [2.75, 3.05) is 31.5 Å². The van der Waals surface area contributed by atoms with Gasteiger partial charge in [0, 0.05) is 19.3 Å². The van der Waals surface area contributed by atoms with Crippen LogP contribution in [-0.4, -0.2) is 37.1 Å². The maximum absolute atomic E-state index is 12.7. The molecular weight excluding hydrogens is 360 g/mol. The molecule has 1 spiro atoms. The second kappa shape index (κ2) is 7.57. The molecule has 5 aliphatic rings. The van der Waals surface area contributed by atoms with Crippen molar-refractivity contribution in [2.45, 2.75) is 58.3 Å². The molecule has 1 saturated heterocycles. The molecule has 4 saturated carbocycles. The van der Waals surface area contributed by atoms with E-state index in [1.807, 2.05) is 19.1 Å². The minimum absolute atomic E-state index is 0.0274. The van der Waals surface area contributed by atoms with Crippen molar-refractivity contribution in [3.05, 3.63) is 23.9 Å². The van der Waals surface area contributed by atoms with Gasteiger partial charge >= 0.3 is 0 Å². The number of hydrogen-bond donors (Lipinski definition) is 3. The Hall–Kier alpha value is -1.62. The normalized spacial score (nSPS) is 38.0. The average molecular weight is 397 g/mol. The average Bonchev–Trinajstić information content (AvgIpc) is 3.40. The van der Waals surface area contributed by atoms with Crippen LogP contribution >= 0.6 is 0 Å². The Balaban J connectivity index is 0.000000319. The Kier molecular flexibility index (Phi) is 5.05. The van der Waals surface area contributed by atoms with E-state index in [2.05, 4.69) is 20.9 Å². The molecule has 6 rings (SSSR count). The minimum atomic E-state index is 0.0274. The van der Waals surface area contributed by atoms with E-state index in [0.29, 0.717) is 22.2 Å². The molecule has 5 fully saturated rings. The molecule has 5 atom stereocenters. The maximum atomic E-state index is 12.7. The van der Waals surface area contributed by atoms with Crippen molar-refractivity contribution >= 4 is 11.7 Å². The molecule has 0 aromatic carbocycles. The number of pyridine rings is 1. The number of carbonyl (C=O) groups excluding carboxylic acids is 1. The Morgan fingerprint density at radius 1 is 1.21 bits per heavy atom. The lowest BCUT2D eigenvalue weighted by Crippen LogP contribution is -2.43. The summed E-state index contributed by atoms with van der Waals surface area (Å²) in [6.45, 7) is 6.15. The van der Waals surface area contributed by atoms with Crippen LogP contribution in [0.3, 0.4) is 0 Å². The van der Waals surface area contributed by atoms with Crippen LogP contribution in [0.1, 0.15) is 68.6 Å². The lowest BCUT2D eigenvalue weighted by Gasteiger charge is -2.49. The van der Waals surface area contributed by atoms with Gasteiger partial charge in [-0.3, -0.25) is 4.79 Å². The van der Waals surface area contributed by atoms with Crippen LogP contribution in [0.15, 0.2) is 18.3 Å². The van der Waals surface area contributed by atoms with Crippen molar-refractivity contribution in [3.8, 4) is 0 Å². The number of anilines is 1. The molecule has 2 heterocycles. The van der Waals surface area contributed by atoms with Gasteiger partial charge in [-0.15, -0.1) is 0 Å². The Bertz CT molecular complexity index is 751. The molecule has 1 aromatic heterocycles. The van der Waals surface area contributed by atoms with E-state index in [-0.39, 0.29) is 5.91 Å². The van der Waals surface area contributed by atoms with Crippen molar-refractivity contribution in [1.82, 2.24) is 15.6 Å². The smallest absolute Gasteiger partial charge is 0.255 e. The van der Waals surface area contributed by atoms with Gasteiger partial charge in [-0.1, -0.05) is 0 Å². The van der Waals surface area contributed by atoms with E-state index < -0.39 is 0 Å². The van der Waals surface area contributed by atoms with E-state index in [9.17, 15) is 4.79 Å². The van der Waals surface area contributed by atoms with E-state index in [1.54, 1.807) is 6.20 Å². The molecule has 5 heteroatoms. The Morgan fingerprint density at radius 2 is 2.07 bits per heavy atom. The zero-order valence-corrected chi connectivity index (χ0v) is 17.8. The highest BCUT2D eigenvalue weighted by atomic mass is 16.1. The molecule has 0 radical (unpaired) electrons. The van der Waals surface area contributed by atoms with Crippen LogP contribution in [0.4, 0.5) is 5.82 Å². The van der Waals surface area contributed by atoms with Gasteiger partial charge < -0.3 is 16.0 Å². The van der Waals surface area contributed by atoms with E-state index in [1.165, 1.54) is 64.5 Å². The third-order valence-electron chi connectivity index (χ3n) is 8.56. The number of nitrogens with one attached hydrogen (secondary N) is 3. The number of rotatable bonds is 5. The fourth-order valence-corrected chi connectivity index (χ4v) is 7.63. The predicted octanol–water partition coefficient (Wildman–Crippen LogP) is 3.83.